The van der Waals surface area contributed by atoms with Crippen LogP contribution in [-0.2, 0) is 6.54 Å². The van der Waals surface area contributed by atoms with Gasteiger partial charge in [0.05, 0.1) is 6.54 Å². The fourth-order valence-corrected chi connectivity index (χ4v) is 9.32. The number of aliphatic imine (C=N–C) groups is 3. The van der Waals surface area contributed by atoms with Crippen molar-refractivity contribution in [2.45, 2.75) is 73.8 Å². The van der Waals surface area contributed by atoms with E-state index in [4.69, 9.17) is 15.0 Å². The van der Waals surface area contributed by atoms with Gasteiger partial charge in [0, 0.05) is 0 Å². The second-order valence-electron chi connectivity index (χ2n) is 17.5. The molecule has 5 heteroatoms. The van der Waals surface area contributed by atoms with Gasteiger partial charge in [0.1, 0.15) is 0 Å². The van der Waals surface area contributed by atoms with Crippen LogP contribution in [0.5, 0.6) is 0 Å². The molecule has 2 aliphatic rings. The zero-order valence-corrected chi connectivity index (χ0v) is 42.0. The van der Waals surface area contributed by atoms with Crippen molar-refractivity contribution in [1.29, 1.82) is 0 Å². The Kier molecular flexibility index (Phi) is 14.1. The minimum absolute atomic E-state index is 0.453. The predicted molar refractivity (Wildman–Crippen MR) is 276 cm³/mol. The Labute approximate surface area is 397 Å². The van der Waals surface area contributed by atoms with E-state index in [1.807, 2.05) is 0 Å². The van der Waals surface area contributed by atoms with E-state index in [1.165, 1.54) is 53.4 Å². The molecule has 0 amide bonds. The van der Waals surface area contributed by atoms with Gasteiger partial charge < -0.3 is 0 Å². The van der Waals surface area contributed by atoms with E-state index in [9.17, 15) is 0 Å². The molecule has 0 saturated carbocycles. The molecule has 6 aromatic rings. The van der Waals surface area contributed by atoms with Crippen molar-refractivity contribution < 1.29 is 0 Å². The SMILES string of the molecule is C=NC(=NC(=NCc1cc(C)cc(-c2ccc(C)cc2)c1)c1cccc(C2=CCCC=C2)c1)c1cc(-c2ccc(C)cc2)cc(N(C2=C(C)C=C(C(C)C)CC2)c2cc[c]([Pb])cc2)c1. The number of amidine groups is 2. The molecule has 0 heterocycles. The van der Waals surface area contributed by atoms with E-state index in [1.54, 1.807) is 0 Å². The van der Waals surface area contributed by atoms with Crippen LogP contribution in [0.2, 0.25) is 0 Å². The van der Waals surface area contributed by atoms with Gasteiger partial charge >= 0.3 is 236 Å². The molecular weight excluding hydrogens is 972 g/mol. The summed E-state index contributed by atoms with van der Waals surface area (Å²) in [5, 5.41) is 0. The summed E-state index contributed by atoms with van der Waals surface area (Å²) in [6.07, 6.45) is 13.3. The third-order valence-corrected chi connectivity index (χ3v) is 13.5. The maximum atomic E-state index is 5.40. The first-order valence-corrected chi connectivity index (χ1v) is 24.4. The van der Waals surface area contributed by atoms with Gasteiger partial charge in [0.25, 0.3) is 0 Å². The fourth-order valence-electron chi connectivity index (χ4n) is 8.67. The molecule has 0 unspecified atom stereocenters. The van der Waals surface area contributed by atoms with Crippen LogP contribution in [0.25, 0.3) is 27.8 Å². The first-order valence-electron chi connectivity index (χ1n) is 22.5. The summed E-state index contributed by atoms with van der Waals surface area (Å²) in [5.74, 6) is 1.64. The van der Waals surface area contributed by atoms with E-state index in [0.717, 1.165) is 96.2 Å². The molecule has 0 atom stereocenters. The van der Waals surface area contributed by atoms with Gasteiger partial charge in [0.15, 0.2) is 0 Å². The molecule has 8 rings (SSSR count). The first-order chi connectivity index (χ1) is 31.0. The summed E-state index contributed by atoms with van der Waals surface area (Å²) in [6.45, 7) is 17.9. The normalized spacial score (nSPS) is 14.4. The van der Waals surface area contributed by atoms with E-state index < -0.39 is 0 Å². The topological polar surface area (TPSA) is 40.3 Å². The molecule has 0 saturated heterocycles. The van der Waals surface area contributed by atoms with Crippen LogP contribution in [0.1, 0.15) is 85.4 Å². The Bertz CT molecular complexity index is 2870. The Hall–Kier alpha value is -5.99. The van der Waals surface area contributed by atoms with Crippen molar-refractivity contribution in [1.82, 2.24) is 0 Å². The van der Waals surface area contributed by atoms with Crippen LogP contribution in [0, 0.1) is 26.7 Å². The summed E-state index contributed by atoms with van der Waals surface area (Å²) in [5.41, 5.74) is 19.8. The third-order valence-electron chi connectivity index (χ3n) is 12.2. The van der Waals surface area contributed by atoms with Crippen LogP contribution >= 0.6 is 0 Å². The number of aryl methyl sites for hydroxylation is 3. The second-order valence-corrected chi connectivity index (χ2v) is 19.8. The molecular formula is C59H57N4Pb. The fraction of sp³-hybridized carbons (Fsp3) is 0.203. The number of hydrogen-bond acceptors (Lipinski definition) is 2. The number of anilines is 2. The first kappa shape index (κ1) is 44.6. The van der Waals surface area contributed by atoms with Crippen LogP contribution in [0.15, 0.2) is 190 Å². The molecule has 0 fully saturated rings. The quantitative estimate of drug-likeness (QED) is 0.0724. The zero-order valence-electron chi connectivity index (χ0n) is 38.1. The Morgan fingerprint density at radius 2 is 1.33 bits per heavy atom. The van der Waals surface area contributed by atoms with Gasteiger partial charge in [-0.1, -0.05) is 84.0 Å². The third kappa shape index (κ3) is 10.7. The van der Waals surface area contributed by atoms with E-state index in [-0.39, 0.29) is 0 Å². The van der Waals surface area contributed by atoms with Crippen molar-refractivity contribution in [2.75, 3.05) is 4.90 Å². The monoisotopic (exact) mass is 1030 g/mol. The molecule has 4 nitrogen and oxygen atoms in total. The van der Waals surface area contributed by atoms with Gasteiger partial charge in [-0.05, 0) is 73.6 Å². The maximum absolute atomic E-state index is 5.40. The predicted octanol–water partition coefficient (Wildman–Crippen LogP) is 14.4. The molecule has 6 aromatic carbocycles. The van der Waals surface area contributed by atoms with Gasteiger partial charge in [-0.2, -0.15) is 0 Å². The van der Waals surface area contributed by atoms with Crippen molar-refractivity contribution in [3.63, 3.8) is 0 Å². The molecule has 64 heavy (non-hydrogen) atoms. The number of rotatable bonds is 11. The van der Waals surface area contributed by atoms with Crippen molar-refractivity contribution in [2.24, 2.45) is 20.9 Å². The van der Waals surface area contributed by atoms with Crippen LogP contribution in [-0.4, -0.2) is 44.2 Å². The zero-order chi connectivity index (χ0) is 44.7. The van der Waals surface area contributed by atoms with Crippen LogP contribution in [0.4, 0.5) is 11.4 Å². The summed E-state index contributed by atoms with van der Waals surface area (Å²) >= 11 is 0.996. The summed E-state index contributed by atoms with van der Waals surface area (Å²) in [4.78, 5) is 17.9. The number of nitrogens with zero attached hydrogens (tertiary/aromatic N) is 4. The van der Waals surface area contributed by atoms with Gasteiger partial charge in [-0.3, -0.25) is 0 Å². The molecule has 0 spiro atoms. The Morgan fingerprint density at radius 1 is 0.641 bits per heavy atom. The summed E-state index contributed by atoms with van der Waals surface area (Å²) < 4.78 is 1.36. The van der Waals surface area contributed by atoms with Crippen molar-refractivity contribution in [3.8, 4) is 22.3 Å². The van der Waals surface area contributed by atoms with E-state index in [2.05, 4.69) is 211 Å². The molecule has 0 aliphatic heterocycles. The Morgan fingerprint density at radius 3 is 1.97 bits per heavy atom. The van der Waals surface area contributed by atoms with Gasteiger partial charge in [0.2, 0.25) is 0 Å². The second kappa shape index (κ2) is 20.2. The van der Waals surface area contributed by atoms with Crippen molar-refractivity contribution in [3.05, 3.63) is 214 Å². The summed E-state index contributed by atoms with van der Waals surface area (Å²) in [7, 11) is 0. The summed E-state index contributed by atoms with van der Waals surface area (Å²) in [6, 6.07) is 48.7. The van der Waals surface area contributed by atoms with Crippen molar-refractivity contribution >= 4 is 64.2 Å². The Balaban J connectivity index is 1.30. The van der Waals surface area contributed by atoms with Crippen LogP contribution in [0.3, 0.4) is 0 Å². The number of hydrogen-bond donors (Lipinski definition) is 0. The van der Waals surface area contributed by atoms with Gasteiger partial charge in [-0.15, -0.1) is 0 Å². The molecule has 3 radical (unpaired) electrons. The molecule has 0 aromatic heterocycles. The van der Waals surface area contributed by atoms with E-state index in [0.29, 0.717) is 24.1 Å². The molecule has 2 aliphatic carbocycles. The molecule has 0 N–H and O–H groups in total. The standard InChI is InChI=1S/C59H57N4.Pb/c1-40(2)49-29-30-57(44(6)33-49)63(55-19-12-9-13-20-55)56-37-53(48-27-23-42(4)24-28-48)36-54(38-56)58(60-7)62-59(51-18-14-17-50(35-51)46-15-10-8-11-16-46)61-39-45-31-43(5)32-52(34-45)47-25-21-41(3)22-26-47;/h10,12-28,31-38,40H,7-8,11,29-30,39H2,1-6H3;. The molecule has 317 valence electrons. The van der Waals surface area contributed by atoms with Gasteiger partial charge in [-0.25, -0.2) is 0 Å². The van der Waals surface area contributed by atoms with Crippen LogP contribution < -0.4 is 8.02 Å². The average Bonchev–Trinajstić information content (AvgIpc) is 3.31. The number of benzene rings is 6. The number of allylic oxidation sites excluding steroid dienone is 8. The minimum atomic E-state index is 0.453. The average molecular weight is 1030 g/mol. The molecule has 0 bridgehead atoms. The van der Waals surface area contributed by atoms with E-state index >= 15 is 0 Å².